The molecular weight excluding hydrogens is 432 g/mol. The molecule has 1 fully saturated rings. The quantitative estimate of drug-likeness (QED) is 0.633. The number of amides is 2. The summed E-state index contributed by atoms with van der Waals surface area (Å²) in [5.41, 5.74) is 1.07. The highest BCUT2D eigenvalue weighted by Gasteiger charge is 2.47. The average molecular weight is 456 g/mol. The van der Waals surface area contributed by atoms with Crippen LogP contribution in [0.5, 0.6) is 23.0 Å². The number of esters is 1. The molecule has 174 valence electrons. The molecule has 0 aromatic heterocycles. The van der Waals surface area contributed by atoms with E-state index in [1.165, 1.54) is 33.3 Å². The minimum atomic E-state index is -1.04. The Morgan fingerprint density at radius 1 is 1.00 bits per heavy atom. The van der Waals surface area contributed by atoms with Crippen molar-refractivity contribution in [2.75, 3.05) is 33.8 Å². The molecule has 33 heavy (non-hydrogen) atoms. The number of cyclic esters (lactones) is 1. The van der Waals surface area contributed by atoms with Crippen molar-refractivity contribution >= 4 is 23.5 Å². The van der Waals surface area contributed by atoms with E-state index in [1.54, 1.807) is 30.3 Å². The monoisotopic (exact) mass is 456 g/mol. The predicted molar refractivity (Wildman–Crippen MR) is 116 cm³/mol. The summed E-state index contributed by atoms with van der Waals surface area (Å²) in [6.07, 6.45) is -0.614. The van der Waals surface area contributed by atoms with Gasteiger partial charge in [-0.1, -0.05) is 0 Å². The topological polar surface area (TPSA) is 113 Å². The summed E-state index contributed by atoms with van der Waals surface area (Å²) in [5.74, 6) is 0.232. The summed E-state index contributed by atoms with van der Waals surface area (Å²) < 4.78 is 26.6. The number of rotatable bonds is 7. The Labute approximate surface area is 190 Å². The van der Waals surface area contributed by atoms with E-state index in [2.05, 4.69) is 5.32 Å². The standard InChI is InChI=1S/C23H24N2O8/c1-29-13-9-12(10-14(11-13)30-2)24-21(27)16-6-8-18(26)25(16)22-15-5-7-17(31-3)20(32-4)19(15)23(28)33-22/h5,7,9-11,16,22H,6,8H2,1-4H3,(H,24,27)/t16-,22-/m0/s1. The lowest BCUT2D eigenvalue weighted by Gasteiger charge is -2.29. The van der Waals surface area contributed by atoms with Crippen molar-refractivity contribution in [3.05, 3.63) is 41.5 Å². The van der Waals surface area contributed by atoms with Crippen LogP contribution in [0.25, 0.3) is 0 Å². The number of benzene rings is 2. The minimum absolute atomic E-state index is 0.149. The molecule has 0 bridgehead atoms. The lowest BCUT2D eigenvalue weighted by atomic mass is 10.1. The van der Waals surface area contributed by atoms with Crippen molar-refractivity contribution in [2.45, 2.75) is 25.1 Å². The van der Waals surface area contributed by atoms with Gasteiger partial charge < -0.3 is 29.0 Å². The van der Waals surface area contributed by atoms with E-state index in [0.717, 1.165) is 0 Å². The number of nitrogens with one attached hydrogen (secondary N) is 1. The number of fused-ring (bicyclic) bond motifs is 1. The lowest BCUT2D eigenvalue weighted by molar-refractivity contribution is -0.144. The summed E-state index contributed by atoms with van der Waals surface area (Å²) in [6.45, 7) is 0. The molecule has 4 rings (SSSR count). The van der Waals surface area contributed by atoms with E-state index in [0.29, 0.717) is 28.5 Å². The molecule has 0 saturated carbocycles. The van der Waals surface area contributed by atoms with Gasteiger partial charge in [-0.3, -0.25) is 14.5 Å². The largest absolute Gasteiger partial charge is 0.497 e. The molecule has 2 aromatic rings. The Hall–Kier alpha value is -3.95. The second kappa shape index (κ2) is 8.89. The van der Waals surface area contributed by atoms with Gasteiger partial charge in [0.05, 0.1) is 28.4 Å². The molecule has 0 radical (unpaired) electrons. The zero-order chi connectivity index (χ0) is 23.7. The third-order valence-electron chi connectivity index (χ3n) is 5.70. The first-order valence-corrected chi connectivity index (χ1v) is 10.2. The molecule has 10 nitrogen and oxygen atoms in total. The van der Waals surface area contributed by atoms with Crippen LogP contribution in [-0.2, 0) is 14.3 Å². The van der Waals surface area contributed by atoms with Gasteiger partial charge in [0.2, 0.25) is 18.0 Å². The highest BCUT2D eigenvalue weighted by Crippen LogP contribution is 2.45. The van der Waals surface area contributed by atoms with E-state index >= 15 is 0 Å². The Kier molecular flexibility index (Phi) is 5.99. The van der Waals surface area contributed by atoms with E-state index in [1.807, 2.05) is 0 Å². The van der Waals surface area contributed by atoms with E-state index < -0.39 is 24.1 Å². The van der Waals surface area contributed by atoms with Crippen molar-refractivity contribution in [1.82, 2.24) is 4.90 Å². The number of ether oxygens (including phenoxy) is 5. The van der Waals surface area contributed by atoms with Crippen LogP contribution in [0.1, 0.15) is 35.0 Å². The molecule has 0 spiro atoms. The lowest BCUT2D eigenvalue weighted by Crippen LogP contribution is -2.43. The molecule has 2 amide bonds. The molecule has 2 heterocycles. The zero-order valence-electron chi connectivity index (χ0n) is 18.7. The summed E-state index contributed by atoms with van der Waals surface area (Å²) >= 11 is 0. The molecule has 0 aliphatic carbocycles. The van der Waals surface area contributed by atoms with Gasteiger partial charge in [0, 0.05) is 35.9 Å². The fourth-order valence-corrected chi connectivity index (χ4v) is 4.15. The van der Waals surface area contributed by atoms with Crippen LogP contribution in [0.4, 0.5) is 5.69 Å². The maximum absolute atomic E-state index is 13.2. The Bertz CT molecular complexity index is 1090. The molecular formula is C23H24N2O8. The number of likely N-dealkylation sites (tertiary alicyclic amines) is 1. The zero-order valence-corrected chi connectivity index (χ0v) is 18.7. The van der Waals surface area contributed by atoms with Gasteiger partial charge in [-0.15, -0.1) is 0 Å². The molecule has 1 N–H and O–H groups in total. The molecule has 2 atom stereocenters. The fourth-order valence-electron chi connectivity index (χ4n) is 4.15. The summed E-state index contributed by atoms with van der Waals surface area (Å²) in [5, 5.41) is 2.81. The van der Waals surface area contributed by atoms with Crippen molar-refractivity contribution in [3.8, 4) is 23.0 Å². The SMILES string of the molecule is COc1cc(NC(=O)[C@@H]2CCC(=O)N2[C@H]2OC(=O)c3c2ccc(OC)c3OC)cc(OC)c1. The van der Waals surface area contributed by atoms with Gasteiger partial charge >= 0.3 is 5.97 Å². The fraction of sp³-hybridized carbons (Fsp3) is 0.348. The molecule has 1 saturated heterocycles. The van der Waals surface area contributed by atoms with Crippen LogP contribution < -0.4 is 24.3 Å². The highest BCUT2D eigenvalue weighted by atomic mass is 16.6. The van der Waals surface area contributed by atoms with E-state index in [9.17, 15) is 14.4 Å². The number of carbonyl (C=O) groups excluding carboxylic acids is 3. The van der Waals surface area contributed by atoms with Crippen molar-refractivity contribution < 1.29 is 38.1 Å². The first kappa shape index (κ1) is 22.3. The number of anilines is 1. The average Bonchev–Trinajstić information content (AvgIpc) is 3.37. The third kappa shape index (κ3) is 3.88. The number of hydrogen-bond acceptors (Lipinski definition) is 8. The van der Waals surface area contributed by atoms with Gasteiger partial charge in [0.1, 0.15) is 23.1 Å². The van der Waals surface area contributed by atoms with E-state index in [-0.39, 0.29) is 30.1 Å². The van der Waals surface area contributed by atoms with Crippen molar-refractivity contribution in [1.29, 1.82) is 0 Å². The number of carbonyl (C=O) groups is 3. The van der Waals surface area contributed by atoms with Gasteiger partial charge in [-0.2, -0.15) is 0 Å². The van der Waals surface area contributed by atoms with Crippen LogP contribution in [0, 0.1) is 0 Å². The number of methoxy groups -OCH3 is 4. The summed E-state index contributed by atoms with van der Waals surface area (Å²) in [6, 6.07) is 7.39. The van der Waals surface area contributed by atoms with Gasteiger partial charge in [-0.05, 0) is 18.6 Å². The van der Waals surface area contributed by atoms with Crippen molar-refractivity contribution in [3.63, 3.8) is 0 Å². The predicted octanol–water partition coefficient (Wildman–Crippen LogP) is 2.52. The molecule has 2 aliphatic heterocycles. The third-order valence-corrected chi connectivity index (χ3v) is 5.70. The smallest absolute Gasteiger partial charge is 0.344 e. The van der Waals surface area contributed by atoms with Crippen LogP contribution >= 0.6 is 0 Å². The van der Waals surface area contributed by atoms with Crippen LogP contribution in [0.3, 0.4) is 0 Å². The van der Waals surface area contributed by atoms with Gasteiger partial charge in [0.15, 0.2) is 11.5 Å². The number of hydrogen-bond donors (Lipinski definition) is 1. The van der Waals surface area contributed by atoms with Gasteiger partial charge in [0.25, 0.3) is 0 Å². The Balaban J connectivity index is 1.64. The van der Waals surface area contributed by atoms with E-state index in [4.69, 9.17) is 23.7 Å². The second-order valence-corrected chi connectivity index (χ2v) is 7.47. The number of nitrogens with zero attached hydrogens (tertiary/aromatic N) is 1. The highest BCUT2D eigenvalue weighted by molar-refractivity contribution is 6.01. The maximum atomic E-state index is 13.2. The second-order valence-electron chi connectivity index (χ2n) is 7.47. The first-order chi connectivity index (χ1) is 15.9. The first-order valence-electron chi connectivity index (χ1n) is 10.2. The van der Waals surface area contributed by atoms with Crippen LogP contribution in [0.2, 0.25) is 0 Å². The molecule has 2 aromatic carbocycles. The van der Waals surface area contributed by atoms with Crippen molar-refractivity contribution in [2.24, 2.45) is 0 Å². The summed E-state index contributed by atoms with van der Waals surface area (Å²) in [4.78, 5) is 39.9. The minimum Gasteiger partial charge on any atom is -0.497 e. The normalized spacial score (nSPS) is 19.1. The maximum Gasteiger partial charge on any atom is 0.344 e. The Morgan fingerprint density at radius 3 is 2.30 bits per heavy atom. The molecule has 10 heteroatoms. The molecule has 0 unspecified atom stereocenters. The van der Waals surface area contributed by atoms with Crippen LogP contribution in [0.15, 0.2) is 30.3 Å². The summed E-state index contributed by atoms with van der Waals surface area (Å²) in [7, 11) is 5.89. The van der Waals surface area contributed by atoms with Crippen LogP contribution in [-0.4, -0.2) is 57.2 Å². The molecule has 2 aliphatic rings. The Morgan fingerprint density at radius 2 is 1.70 bits per heavy atom. The van der Waals surface area contributed by atoms with Gasteiger partial charge in [-0.25, -0.2) is 4.79 Å².